The molecule has 2 N–H and O–H groups in total. The van der Waals surface area contributed by atoms with E-state index in [2.05, 4.69) is 10.3 Å². The lowest BCUT2D eigenvalue weighted by Gasteiger charge is -2.16. The van der Waals surface area contributed by atoms with E-state index >= 15 is 0 Å². The lowest BCUT2D eigenvalue weighted by molar-refractivity contribution is -0.123. The fourth-order valence-electron chi connectivity index (χ4n) is 2.03. The Morgan fingerprint density at radius 2 is 2.11 bits per heavy atom. The average Bonchev–Trinajstić information content (AvgIpc) is 2.81. The Bertz CT molecular complexity index is 615. The van der Waals surface area contributed by atoms with Crippen molar-refractivity contribution < 1.29 is 4.79 Å². The second-order valence-electron chi connectivity index (χ2n) is 4.29. The van der Waals surface area contributed by atoms with E-state index in [0.29, 0.717) is 11.3 Å². The number of nitrogens with zero attached hydrogens (tertiary/aromatic N) is 1. The molecule has 100 valence electrons. The lowest BCUT2D eigenvalue weighted by atomic mass is 10.1. The van der Waals surface area contributed by atoms with E-state index in [1.807, 2.05) is 54.9 Å². The maximum Gasteiger partial charge on any atom is 0.242 e. The van der Waals surface area contributed by atoms with Crippen LogP contribution in [0.25, 0.3) is 11.3 Å². The van der Waals surface area contributed by atoms with E-state index in [1.165, 1.54) is 0 Å². The van der Waals surface area contributed by atoms with Crippen LogP contribution in [-0.4, -0.2) is 22.0 Å². The number of hydrogen-bond acceptors (Lipinski definition) is 2. The number of aromatic nitrogens is 2. The highest BCUT2D eigenvalue weighted by molar-refractivity contribution is 7.71. The molecule has 1 unspecified atom stereocenters. The first-order chi connectivity index (χ1) is 9.15. The standard InChI is InChI=1S/C14H17N3OS/c1-3-15-13(18)10(2)17-12(9-16-14(17)19)11-7-5-4-6-8-11/h4-10H,3H2,1-2H3,(H,15,18)(H,16,19). The van der Waals surface area contributed by atoms with Crippen LogP contribution in [0, 0.1) is 4.77 Å². The van der Waals surface area contributed by atoms with Gasteiger partial charge in [-0.15, -0.1) is 0 Å². The Kier molecular flexibility index (Phi) is 4.16. The minimum absolute atomic E-state index is 0.0321. The van der Waals surface area contributed by atoms with Crippen LogP contribution < -0.4 is 5.32 Å². The third kappa shape index (κ3) is 2.76. The summed E-state index contributed by atoms with van der Waals surface area (Å²) in [7, 11) is 0. The minimum atomic E-state index is -0.339. The summed E-state index contributed by atoms with van der Waals surface area (Å²) in [5, 5.41) is 2.82. The number of nitrogens with one attached hydrogen (secondary N) is 2. The highest BCUT2D eigenvalue weighted by atomic mass is 32.1. The van der Waals surface area contributed by atoms with Crippen LogP contribution >= 0.6 is 12.2 Å². The number of carbonyl (C=O) groups excluding carboxylic acids is 1. The summed E-state index contributed by atoms with van der Waals surface area (Å²) in [6.45, 7) is 4.36. The quantitative estimate of drug-likeness (QED) is 0.843. The first kappa shape index (κ1) is 13.5. The molecule has 0 radical (unpaired) electrons. The Morgan fingerprint density at radius 3 is 2.74 bits per heavy atom. The molecule has 0 saturated heterocycles. The molecule has 1 aromatic carbocycles. The number of aromatic amines is 1. The highest BCUT2D eigenvalue weighted by Crippen LogP contribution is 2.23. The van der Waals surface area contributed by atoms with Crippen LogP contribution in [0.1, 0.15) is 19.9 Å². The predicted molar refractivity (Wildman–Crippen MR) is 78.4 cm³/mol. The molecule has 0 bridgehead atoms. The minimum Gasteiger partial charge on any atom is -0.355 e. The van der Waals surface area contributed by atoms with E-state index in [4.69, 9.17) is 12.2 Å². The molecular weight excluding hydrogens is 258 g/mol. The van der Waals surface area contributed by atoms with Gasteiger partial charge in [-0.25, -0.2) is 0 Å². The first-order valence-electron chi connectivity index (χ1n) is 6.28. The summed E-state index contributed by atoms with van der Waals surface area (Å²) in [5.41, 5.74) is 1.95. The maximum atomic E-state index is 12.0. The molecule has 1 amide bonds. The smallest absolute Gasteiger partial charge is 0.242 e. The van der Waals surface area contributed by atoms with E-state index in [-0.39, 0.29) is 11.9 Å². The van der Waals surface area contributed by atoms with Gasteiger partial charge in [0.25, 0.3) is 0 Å². The molecule has 0 fully saturated rings. The summed E-state index contributed by atoms with van der Waals surface area (Å²) in [5.74, 6) is -0.0321. The molecule has 5 heteroatoms. The number of imidazole rings is 1. The van der Waals surface area contributed by atoms with E-state index in [9.17, 15) is 4.79 Å². The molecule has 1 atom stereocenters. The molecule has 0 saturated carbocycles. The SMILES string of the molecule is CCNC(=O)C(C)n1c(-c2ccccc2)c[nH]c1=S. The van der Waals surface area contributed by atoms with Gasteiger partial charge >= 0.3 is 0 Å². The van der Waals surface area contributed by atoms with Crippen molar-refractivity contribution in [2.45, 2.75) is 19.9 Å². The number of likely N-dealkylation sites (N-methyl/N-ethyl adjacent to an activating group) is 1. The van der Waals surface area contributed by atoms with E-state index in [1.54, 1.807) is 0 Å². The summed E-state index contributed by atoms with van der Waals surface area (Å²) >= 11 is 5.28. The van der Waals surface area contributed by atoms with Gasteiger partial charge in [-0.2, -0.15) is 0 Å². The molecule has 4 nitrogen and oxygen atoms in total. The Labute approximate surface area is 117 Å². The normalized spacial score (nSPS) is 12.1. The van der Waals surface area contributed by atoms with Crippen LogP contribution in [0.2, 0.25) is 0 Å². The van der Waals surface area contributed by atoms with E-state index in [0.717, 1.165) is 11.3 Å². The number of rotatable bonds is 4. The second kappa shape index (κ2) is 5.84. The molecule has 2 aromatic rings. The van der Waals surface area contributed by atoms with Crippen LogP contribution in [0.5, 0.6) is 0 Å². The number of amides is 1. The second-order valence-corrected chi connectivity index (χ2v) is 4.67. The Hall–Kier alpha value is -1.88. The predicted octanol–water partition coefficient (Wildman–Crippen LogP) is 2.91. The number of hydrogen-bond donors (Lipinski definition) is 2. The zero-order valence-electron chi connectivity index (χ0n) is 11.0. The molecule has 0 aliphatic rings. The summed E-state index contributed by atoms with van der Waals surface area (Å²) < 4.78 is 2.40. The van der Waals surface area contributed by atoms with Crippen LogP contribution in [0.3, 0.4) is 0 Å². The van der Waals surface area contributed by atoms with Crippen molar-refractivity contribution in [1.29, 1.82) is 0 Å². The lowest BCUT2D eigenvalue weighted by Crippen LogP contribution is -2.31. The summed E-state index contributed by atoms with van der Waals surface area (Å²) in [6, 6.07) is 9.55. The Balaban J connectivity index is 2.44. The molecule has 0 aliphatic heterocycles. The summed E-state index contributed by atoms with van der Waals surface area (Å²) in [6.07, 6.45) is 1.84. The third-order valence-electron chi connectivity index (χ3n) is 3.00. The average molecular weight is 275 g/mol. The van der Waals surface area contributed by atoms with Gasteiger partial charge < -0.3 is 14.9 Å². The fourth-order valence-corrected chi connectivity index (χ4v) is 2.35. The van der Waals surface area contributed by atoms with Crippen molar-refractivity contribution in [3.63, 3.8) is 0 Å². The van der Waals surface area contributed by atoms with Gasteiger partial charge in [-0.1, -0.05) is 30.3 Å². The van der Waals surface area contributed by atoms with Crippen molar-refractivity contribution in [2.75, 3.05) is 6.54 Å². The monoisotopic (exact) mass is 275 g/mol. The molecular formula is C14H17N3OS. The van der Waals surface area contributed by atoms with Crippen molar-refractivity contribution >= 4 is 18.1 Å². The van der Waals surface area contributed by atoms with Crippen LogP contribution in [0.15, 0.2) is 36.5 Å². The van der Waals surface area contributed by atoms with Gasteiger partial charge in [0, 0.05) is 12.7 Å². The third-order valence-corrected chi connectivity index (χ3v) is 3.31. The molecule has 0 aliphatic carbocycles. The highest BCUT2D eigenvalue weighted by Gasteiger charge is 2.18. The number of carbonyl (C=O) groups is 1. The molecule has 0 spiro atoms. The first-order valence-corrected chi connectivity index (χ1v) is 6.69. The van der Waals surface area contributed by atoms with Crippen LogP contribution in [0.4, 0.5) is 0 Å². The van der Waals surface area contributed by atoms with Gasteiger partial charge in [-0.05, 0) is 31.6 Å². The van der Waals surface area contributed by atoms with Gasteiger partial charge in [0.05, 0.1) is 5.69 Å². The zero-order valence-corrected chi connectivity index (χ0v) is 11.8. The molecule has 1 heterocycles. The van der Waals surface area contributed by atoms with Crippen molar-refractivity contribution in [3.05, 3.63) is 41.3 Å². The van der Waals surface area contributed by atoms with Gasteiger partial charge in [0.1, 0.15) is 6.04 Å². The van der Waals surface area contributed by atoms with Gasteiger partial charge in [-0.3, -0.25) is 4.79 Å². The van der Waals surface area contributed by atoms with Gasteiger partial charge in [0.15, 0.2) is 4.77 Å². The topological polar surface area (TPSA) is 49.8 Å². The van der Waals surface area contributed by atoms with E-state index < -0.39 is 0 Å². The van der Waals surface area contributed by atoms with Crippen molar-refractivity contribution in [2.24, 2.45) is 0 Å². The molecule has 2 rings (SSSR count). The fraction of sp³-hybridized carbons (Fsp3) is 0.286. The maximum absolute atomic E-state index is 12.0. The van der Waals surface area contributed by atoms with Crippen LogP contribution in [-0.2, 0) is 4.79 Å². The zero-order chi connectivity index (χ0) is 13.8. The van der Waals surface area contributed by atoms with Crippen molar-refractivity contribution in [1.82, 2.24) is 14.9 Å². The Morgan fingerprint density at radius 1 is 1.42 bits per heavy atom. The molecule has 1 aromatic heterocycles. The molecule has 19 heavy (non-hydrogen) atoms. The van der Waals surface area contributed by atoms with Crippen molar-refractivity contribution in [3.8, 4) is 11.3 Å². The number of benzene rings is 1. The number of H-pyrrole nitrogens is 1. The summed E-state index contributed by atoms with van der Waals surface area (Å²) in [4.78, 5) is 15.0. The van der Waals surface area contributed by atoms with Gasteiger partial charge in [0.2, 0.25) is 5.91 Å². The largest absolute Gasteiger partial charge is 0.355 e.